The third kappa shape index (κ3) is 2.35. The summed E-state index contributed by atoms with van der Waals surface area (Å²) in [6.45, 7) is 1.51. The largest absolute Gasteiger partial charge is 0.457 e. The van der Waals surface area contributed by atoms with Crippen LogP contribution in [0.15, 0.2) is 48.5 Å². The summed E-state index contributed by atoms with van der Waals surface area (Å²) in [5, 5.41) is 3.53. The van der Waals surface area contributed by atoms with E-state index in [0.29, 0.717) is 6.61 Å². The van der Waals surface area contributed by atoms with Gasteiger partial charge in [0.05, 0.1) is 12.6 Å². The van der Waals surface area contributed by atoms with Gasteiger partial charge < -0.3 is 14.8 Å². The second-order valence-electron chi connectivity index (χ2n) is 4.56. The van der Waals surface area contributed by atoms with Gasteiger partial charge in [-0.3, -0.25) is 0 Å². The monoisotopic (exact) mass is 255 g/mol. The molecule has 3 heteroatoms. The van der Waals surface area contributed by atoms with Crippen molar-refractivity contribution in [3.05, 3.63) is 59.7 Å². The Morgan fingerprint density at radius 3 is 2.16 bits per heavy atom. The van der Waals surface area contributed by atoms with E-state index in [-0.39, 0.29) is 6.04 Å². The Balaban J connectivity index is 1.96. The van der Waals surface area contributed by atoms with Crippen LogP contribution in [0, 0.1) is 0 Å². The van der Waals surface area contributed by atoms with Gasteiger partial charge in [0.15, 0.2) is 0 Å². The van der Waals surface area contributed by atoms with Crippen molar-refractivity contribution in [3.8, 4) is 11.5 Å². The first-order valence-corrected chi connectivity index (χ1v) is 6.48. The van der Waals surface area contributed by atoms with E-state index in [0.717, 1.165) is 18.0 Å². The Bertz CT molecular complexity index is 523. The van der Waals surface area contributed by atoms with Crippen LogP contribution in [0.25, 0.3) is 0 Å². The molecule has 98 valence electrons. The van der Waals surface area contributed by atoms with E-state index in [1.54, 1.807) is 7.11 Å². The molecule has 0 saturated heterocycles. The van der Waals surface area contributed by atoms with Gasteiger partial charge in [0.1, 0.15) is 11.5 Å². The molecule has 0 atom stereocenters. The van der Waals surface area contributed by atoms with Crippen LogP contribution in [0.5, 0.6) is 11.5 Å². The highest BCUT2D eigenvalue weighted by molar-refractivity contribution is 5.52. The summed E-state index contributed by atoms with van der Waals surface area (Å²) in [4.78, 5) is 0. The fourth-order valence-electron chi connectivity index (χ4n) is 2.44. The molecule has 0 aliphatic carbocycles. The molecule has 0 spiro atoms. The van der Waals surface area contributed by atoms with Gasteiger partial charge in [0.25, 0.3) is 0 Å². The van der Waals surface area contributed by atoms with Crippen molar-refractivity contribution in [1.29, 1.82) is 0 Å². The van der Waals surface area contributed by atoms with E-state index in [2.05, 4.69) is 17.4 Å². The number of hydrogen-bond acceptors (Lipinski definition) is 3. The van der Waals surface area contributed by atoms with Gasteiger partial charge in [0.2, 0.25) is 0 Å². The van der Waals surface area contributed by atoms with Crippen molar-refractivity contribution < 1.29 is 9.47 Å². The molecule has 0 amide bonds. The zero-order valence-electron chi connectivity index (χ0n) is 10.9. The summed E-state index contributed by atoms with van der Waals surface area (Å²) in [7, 11) is 1.72. The van der Waals surface area contributed by atoms with Crippen molar-refractivity contribution >= 4 is 0 Å². The molecule has 1 aliphatic rings. The molecule has 1 N–H and O–H groups in total. The van der Waals surface area contributed by atoms with Gasteiger partial charge in [-0.2, -0.15) is 0 Å². The summed E-state index contributed by atoms with van der Waals surface area (Å²) in [6.07, 6.45) is 0. The van der Waals surface area contributed by atoms with Crippen molar-refractivity contribution in [2.75, 3.05) is 20.3 Å². The summed E-state index contributed by atoms with van der Waals surface area (Å²) < 4.78 is 11.1. The molecule has 0 saturated carbocycles. The highest BCUT2D eigenvalue weighted by atomic mass is 16.5. The minimum absolute atomic E-state index is 0.163. The minimum atomic E-state index is 0.163. The van der Waals surface area contributed by atoms with E-state index >= 15 is 0 Å². The van der Waals surface area contributed by atoms with Crippen LogP contribution < -0.4 is 10.1 Å². The van der Waals surface area contributed by atoms with E-state index in [4.69, 9.17) is 9.47 Å². The van der Waals surface area contributed by atoms with Crippen LogP contribution in [0.4, 0.5) is 0 Å². The average Bonchev–Trinajstić information content (AvgIpc) is 2.46. The second-order valence-corrected chi connectivity index (χ2v) is 4.56. The van der Waals surface area contributed by atoms with E-state index in [1.807, 2.05) is 36.4 Å². The van der Waals surface area contributed by atoms with Gasteiger partial charge in [0, 0.05) is 24.8 Å². The molecular formula is C16H17NO2. The summed E-state index contributed by atoms with van der Waals surface area (Å²) in [5.74, 6) is 1.85. The SMILES string of the molecule is COCCNC1c2ccccc2Oc2ccccc21. The fourth-order valence-corrected chi connectivity index (χ4v) is 2.44. The van der Waals surface area contributed by atoms with Crippen LogP contribution in [0.2, 0.25) is 0 Å². The predicted octanol–water partition coefficient (Wildman–Crippen LogP) is 3.12. The lowest BCUT2D eigenvalue weighted by Gasteiger charge is -2.28. The highest BCUT2D eigenvalue weighted by Crippen LogP contribution is 2.42. The topological polar surface area (TPSA) is 30.5 Å². The van der Waals surface area contributed by atoms with Crippen molar-refractivity contribution in [2.45, 2.75) is 6.04 Å². The molecule has 1 heterocycles. The smallest absolute Gasteiger partial charge is 0.132 e. The van der Waals surface area contributed by atoms with Crippen LogP contribution in [-0.2, 0) is 4.74 Å². The first-order chi connectivity index (χ1) is 9.40. The number of nitrogens with one attached hydrogen (secondary N) is 1. The number of ether oxygens (including phenoxy) is 2. The molecule has 3 rings (SSSR count). The minimum Gasteiger partial charge on any atom is -0.457 e. The second kappa shape index (κ2) is 5.43. The van der Waals surface area contributed by atoms with Crippen LogP contribution in [0.1, 0.15) is 17.2 Å². The maximum absolute atomic E-state index is 5.94. The summed E-state index contributed by atoms with van der Waals surface area (Å²) >= 11 is 0. The molecule has 0 bridgehead atoms. The lowest BCUT2D eigenvalue weighted by molar-refractivity contribution is 0.196. The number of methoxy groups -OCH3 is 1. The van der Waals surface area contributed by atoms with Crippen molar-refractivity contribution in [1.82, 2.24) is 5.32 Å². The van der Waals surface area contributed by atoms with E-state index < -0.39 is 0 Å². The molecule has 2 aromatic carbocycles. The Hall–Kier alpha value is -1.84. The molecule has 0 fully saturated rings. The molecule has 0 aromatic heterocycles. The Labute approximate surface area is 113 Å². The van der Waals surface area contributed by atoms with Crippen LogP contribution in [-0.4, -0.2) is 20.3 Å². The molecule has 0 unspecified atom stereocenters. The Kier molecular flexibility index (Phi) is 3.49. The number of rotatable bonds is 4. The lowest BCUT2D eigenvalue weighted by Crippen LogP contribution is -2.28. The van der Waals surface area contributed by atoms with Crippen LogP contribution in [0.3, 0.4) is 0 Å². The number of para-hydroxylation sites is 2. The van der Waals surface area contributed by atoms with Gasteiger partial charge >= 0.3 is 0 Å². The molecule has 2 aromatic rings. The first kappa shape index (κ1) is 12.2. The first-order valence-electron chi connectivity index (χ1n) is 6.48. The van der Waals surface area contributed by atoms with E-state index in [9.17, 15) is 0 Å². The predicted molar refractivity (Wildman–Crippen MR) is 74.7 cm³/mol. The normalized spacial score (nSPS) is 13.5. The van der Waals surface area contributed by atoms with E-state index in [1.165, 1.54) is 11.1 Å². The standard InChI is InChI=1S/C16H17NO2/c1-18-11-10-17-16-12-6-2-4-8-14(12)19-15-9-5-3-7-13(15)16/h2-9,16-17H,10-11H2,1H3. The molecule has 3 nitrogen and oxygen atoms in total. The Morgan fingerprint density at radius 2 is 1.58 bits per heavy atom. The molecule has 19 heavy (non-hydrogen) atoms. The van der Waals surface area contributed by atoms with Gasteiger partial charge in [-0.05, 0) is 12.1 Å². The number of hydrogen-bond donors (Lipinski definition) is 1. The van der Waals surface area contributed by atoms with Crippen molar-refractivity contribution in [2.24, 2.45) is 0 Å². The molecule has 1 aliphatic heterocycles. The molecular weight excluding hydrogens is 238 g/mol. The molecule has 0 radical (unpaired) electrons. The maximum Gasteiger partial charge on any atom is 0.132 e. The highest BCUT2D eigenvalue weighted by Gasteiger charge is 2.25. The summed E-state index contributed by atoms with van der Waals surface area (Å²) in [5.41, 5.74) is 2.36. The van der Waals surface area contributed by atoms with Crippen LogP contribution >= 0.6 is 0 Å². The number of benzene rings is 2. The zero-order chi connectivity index (χ0) is 13.1. The summed E-state index contributed by atoms with van der Waals surface area (Å²) in [6, 6.07) is 16.5. The van der Waals surface area contributed by atoms with Gasteiger partial charge in [-0.1, -0.05) is 36.4 Å². The fraction of sp³-hybridized carbons (Fsp3) is 0.250. The third-order valence-corrected chi connectivity index (χ3v) is 3.33. The Morgan fingerprint density at radius 1 is 1.00 bits per heavy atom. The van der Waals surface area contributed by atoms with Gasteiger partial charge in [-0.15, -0.1) is 0 Å². The zero-order valence-corrected chi connectivity index (χ0v) is 10.9. The average molecular weight is 255 g/mol. The lowest BCUT2D eigenvalue weighted by atomic mass is 9.94. The third-order valence-electron chi connectivity index (χ3n) is 3.33. The number of fused-ring (bicyclic) bond motifs is 2. The van der Waals surface area contributed by atoms with Crippen molar-refractivity contribution in [3.63, 3.8) is 0 Å². The van der Waals surface area contributed by atoms with Gasteiger partial charge in [-0.25, -0.2) is 0 Å². The maximum atomic E-state index is 5.94. The quantitative estimate of drug-likeness (QED) is 0.851.